The summed E-state index contributed by atoms with van der Waals surface area (Å²) < 4.78 is 55.6. The Bertz CT molecular complexity index is 4650. The average Bonchev–Trinajstić information content (AvgIpc) is 1.62. The van der Waals surface area contributed by atoms with Gasteiger partial charge in [0.05, 0.1) is 129 Å². The Morgan fingerprint density at radius 2 is 0.939 bits per heavy atom. The first kappa shape index (κ1) is 86.3. The highest BCUT2D eigenvalue weighted by Crippen LogP contribution is 2.41. The molecule has 0 radical (unpaired) electrons. The summed E-state index contributed by atoms with van der Waals surface area (Å²) in [6.45, 7) is 3.66. The van der Waals surface area contributed by atoms with E-state index in [1.54, 1.807) is 47.4 Å². The fraction of sp³-hybridized carbons (Fsp3) is 0.514. The summed E-state index contributed by atoms with van der Waals surface area (Å²) in [7, 11) is 0. The SMILES string of the molecule is CCCC(N)C(=O)N(Cc1cccnc1)[C@@H]1C(O)[C@H](n2cnc3c(N)ccnc32)O[C@@H]1CO.CCCC(N)C(=O)N[C@@H]1C(O)[C@H](n2cc(O)c3c(N)ccnc32)O[C@@H]1CO.CCCC(N)C(=O)N[C@@H]1C(O)[C@H](n2cnc3c(N)ccc(F)c32)O[C@@H]1CO.Nc1ccnc2c1ncn2[C@@H]1O[C@H](CO)[C@H](NC(=O)C(N)CCCF)C1O. The highest BCUT2D eigenvalue weighted by Gasteiger charge is 2.52. The van der Waals surface area contributed by atoms with E-state index in [-0.39, 0.29) is 47.8 Å². The molecule has 12 heterocycles. The molecule has 0 saturated carbocycles. The van der Waals surface area contributed by atoms with Crippen LogP contribution in [0.2, 0.25) is 0 Å². The fourth-order valence-corrected chi connectivity index (χ4v) is 14.2. The normalized spacial score (nSPS) is 25.6. The van der Waals surface area contributed by atoms with Gasteiger partial charge < -0.3 is 132 Å². The van der Waals surface area contributed by atoms with E-state index in [9.17, 15) is 73.9 Å². The summed E-state index contributed by atoms with van der Waals surface area (Å²) in [6.07, 6.45) is 5.22. The third-order valence-electron chi connectivity index (χ3n) is 20.1. The number of ether oxygens (including phenoxy) is 4. The molecule has 20 atom stereocenters. The van der Waals surface area contributed by atoms with Crippen molar-refractivity contribution < 1.29 is 92.9 Å². The minimum absolute atomic E-state index is 0.0744. The Hall–Kier alpha value is -10.1. The van der Waals surface area contributed by atoms with E-state index in [2.05, 4.69) is 50.8 Å². The van der Waals surface area contributed by atoms with Crippen molar-refractivity contribution >= 4 is 90.8 Å². The van der Waals surface area contributed by atoms with Gasteiger partial charge in [-0.25, -0.2) is 34.3 Å². The van der Waals surface area contributed by atoms with Gasteiger partial charge >= 0.3 is 0 Å². The molecule has 114 heavy (non-hydrogen) atoms. The number of halogens is 2. The first-order valence-electron chi connectivity index (χ1n) is 37.2. The van der Waals surface area contributed by atoms with Gasteiger partial charge in [-0.2, -0.15) is 0 Å². The van der Waals surface area contributed by atoms with Crippen molar-refractivity contribution in [3.8, 4) is 5.75 Å². The molecule has 0 spiro atoms. The number of benzene rings is 1. The van der Waals surface area contributed by atoms with Crippen LogP contribution in [0.1, 0.15) is 103 Å². The summed E-state index contributed by atoms with van der Waals surface area (Å²) in [6, 6.07) is 4.36. The quantitative estimate of drug-likeness (QED) is 0.0243. The number of nitrogens with zero attached hydrogens (tertiary/aromatic N) is 12. The molecule has 9 aromatic rings. The largest absolute Gasteiger partial charge is 0.506 e. The van der Waals surface area contributed by atoms with Gasteiger partial charge in [-0.05, 0) is 74.1 Å². The third kappa shape index (κ3) is 18.5. The predicted octanol–water partition coefficient (Wildman–Crippen LogP) is -2.18. The summed E-state index contributed by atoms with van der Waals surface area (Å²) in [5.74, 6) is -2.44. The van der Waals surface area contributed by atoms with Crippen LogP contribution in [-0.4, -0.2) is 258 Å². The molecular weight excluding hydrogens is 1500 g/mol. The minimum Gasteiger partial charge on any atom is -0.506 e. The number of carbonyl (C=O) groups excluding carboxylic acids is 4. The van der Waals surface area contributed by atoms with E-state index < -0.39 is 179 Å². The van der Waals surface area contributed by atoms with Crippen molar-refractivity contribution in [2.75, 3.05) is 56.0 Å². The number of aliphatic hydroxyl groups is 8. The van der Waals surface area contributed by atoms with Gasteiger partial charge in [0.25, 0.3) is 0 Å². The lowest BCUT2D eigenvalue weighted by atomic mass is 10.0. The lowest BCUT2D eigenvalue weighted by Crippen LogP contribution is -2.55. The third-order valence-corrected chi connectivity index (χ3v) is 20.1. The van der Waals surface area contributed by atoms with Crippen LogP contribution in [0.3, 0.4) is 0 Å². The Balaban J connectivity index is 0.000000162. The molecule has 8 unspecified atom stereocenters. The highest BCUT2D eigenvalue weighted by molar-refractivity contribution is 5.94. The Morgan fingerprint density at radius 3 is 1.41 bits per heavy atom. The number of hydrogen-bond acceptors (Lipinski definition) is 32. The fourth-order valence-electron chi connectivity index (χ4n) is 14.2. The second-order valence-corrected chi connectivity index (χ2v) is 28.0. The standard InChI is InChI=1S/C22H29N7O4.C17H24FN5O4.C17H25N5O5.C16H23FN6O4/c1-2-4-15(24)21(32)28(10-13-5-3-7-25-9-13)18-16(11-30)33-22(19(18)31)29-12-27-17-14(23)6-8-26-20(17)29;1-2-3-10(20)16(26)22-13-11(6-24)27-17(15(13)25)23-7-21-12-9(19)5-4-8(18)14(12)23;1-2-3-9(19)16(26)21-13-11(7-23)27-17(14(13)25)22-6-10(24)12-8(18)4-5-20-15(12)22;17-4-1-2-9(19)15(26)22-12-10(6-24)27-16(13(12)25)23-7-21-11-8(18)3-5-20-14(11)23/h3,5-9,12,15-16,18-19,22,30-31H,2,4,10-11,24H2,1H3,(H2,23,26);4-5,7,10-11,13,15,17,24-25H,2-3,6,19-20H2,1H3,(H,22,26);4-6,9,11,13-14,17,23-25H,2-3,7,19H2,1H3,(H2,18,20)(H,21,26);3,5,7,9-10,12-13,16,24-25H,1-2,4,6,19H2,(H2,18,20)(H,22,26)/t15?,16-,18+,19?,22-;10?,11-,13+,15?,17-;9?,11-,13+,14?,17-;9?,10-,12+,13?,16-/m1111/s1. The zero-order chi connectivity index (χ0) is 82.5. The van der Waals surface area contributed by atoms with Crippen molar-refractivity contribution in [2.24, 2.45) is 22.9 Å². The van der Waals surface area contributed by atoms with Crippen LogP contribution >= 0.6 is 0 Å². The van der Waals surface area contributed by atoms with Crippen LogP contribution in [0.4, 0.5) is 31.5 Å². The Kier molecular flexibility index (Phi) is 29.4. The number of anilines is 4. The number of aliphatic hydroxyl groups excluding tert-OH is 8. The van der Waals surface area contributed by atoms with Crippen LogP contribution in [-0.2, 0) is 44.7 Å². The van der Waals surface area contributed by atoms with Crippen LogP contribution in [0.25, 0.3) is 44.4 Å². The zero-order valence-electron chi connectivity index (χ0n) is 62.7. The minimum atomic E-state index is -1.25. The number of hydrogen-bond donors (Lipinski definition) is 20. The molecule has 0 bridgehead atoms. The number of carbonyl (C=O) groups is 4. The number of pyridine rings is 4. The average molecular weight is 1600 g/mol. The van der Waals surface area contributed by atoms with Gasteiger partial charge in [-0.15, -0.1) is 0 Å². The van der Waals surface area contributed by atoms with E-state index in [1.165, 1.54) is 68.3 Å². The van der Waals surface area contributed by atoms with Crippen molar-refractivity contribution in [2.45, 2.75) is 201 Å². The summed E-state index contributed by atoms with van der Waals surface area (Å²) in [5, 5.41) is 101. The first-order valence-corrected chi connectivity index (χ1v) is 37.2. The molecule has 4 saturated heterocycles. The van der Waals surface area contributed by atoms with E-state index in [0.717, 1.165) is 24.8 Å². The number of nitrogens with two attached hydrogens (primary N) is 8. The molecule has 4 aliphatic rings. The maximum absolute atomic E-state index is 14.3. The maximum atomic E-state index is 14.3. The monoisotopic (exact) mass is 1600 g/mol. The summed E-state index contributed by atoms with van der Waals surface area (Å²) in [4.78, 5) is 80.9. The highest BCUT2D eigenvalue weighted by atomic mass is 19.1. The zero-order valence-corrected chi connectivity index (χ0v) is 62.7. The van der Waals surface area contributed by atoms with Crippen molar-refractivity contribution in [1.82, 2.24) is 74.0 Å². The van der Waals surface area contributed by atoms with E-state index in [4.69, 9.17) is 64.8 Å². The summed E-state index contributed by atoms with van der Waals surface area (Å²) >= 11 is 0. The van der Waals surface area contributed by atoms with Crippen molar-refractivity contribution in [1.29, 1.82) is 0 Å². The molecule has 13 rings (SSSR count). The smallest absolute Gasteiger partial charge is 0.240 e. The first-order chi connectivity index (χ1) is 54.7. The van der Waals surface area contributed by atoms with E-state index >= 15 is 0 Å². The van der Waals surface area contributed by atoms with Crippen LogP contribution in [0.15, 0.2) is 98.6 Å². The van der Waals surface area contributed by atoms with Crippen LogP contribution < -0.4 is 61.8 Å². The number of fused-ring (bicyclic) bond motifs is 4. The Labute approximate surface area is 650 Å². The molecule has 42 heteroatoms. The Morgan fingerprint density at radius 1 is 0.518 bits per heavy atom. The van der Waals surface area contributed by atoms with Gasteiger partial charge in [0.1, 0.15) is 88.1 Å². The van der Waals surface area contributed by atoms with Crippen LogP contribution in [0, 0.1) is 5.82 Å². The number of aromatic nitrogens is 11. The number of amides is 4. The number of nitrogen functional groups attached to an aromatic ring is 4. The van der Waals surface area contributed by atoms with Crippen molar-refractivity contribution in [3.63, 3.8) is 0 Å². The summed E-state index contributed by atoms with van der Waals surface area (Å²) in [5.41, 5.74) is 51.7. The second-order valence-electron chi connectivity index (χ2n) is 28.0. The predicted molar refractivity (Wildman–Crippen MR) is 408 cm³/mol. The van der Waals surface area contributed by atoms with Gasteiger partial charge in [-0.3, -0.25) is 46.8 Å². The molecule has 1 aromatic carbocycles. The molecule has 28 N–H and O–H groups in total. The maximum Gasteiger partial charge on any atom is 0.240 e. The molecule has 4 aliphatic heterocycles. The number of nitrogens with one attached hydrogen (secondary N) is 3. The molecule has 8 aromatic heterocycles. The molecular formula is C72H101F2N23O17. The van der Waals surface area contributed by atoms with Gasteiger partial charge in [-0.1, -0.05) is 46.1 Å². The number of rotatable bonds is 27. The number of imidazole rings is 3. The molecule has 4 amide bonds. The lowest BCUT2D eigenvalue weighted by molar-refractivity contribution is -0.139. The van der Waals surface area contributed by atoms with Gasteiger partial charge in [0.2, 0.25) is 23.6 Å². The van der Waals surface area contributed by atoms with Crippen LogP contribution in [0.5, 0.6) is 5.75 Å². The number of alkyl halides is 1. The molecule has 620 valence electrons. The van der Waals surface area contributed by atoms with E-state index in [0.29, 0.717) is 69.7 Å². The number of aromatic hydroxyl groups is 1. The molecule has 0 aliphatic carbocycles. The van der Waals surface area contributed by atoms with Gasteiger partial charge in [0.15, 0.2) is 36.2 Å². The van der Waals surface area contributed by atoms with Gasteiger partial charge in [0, 0.05) is 43.2 Å². The van der Waals surface area contributed by atoms with E-state index in [1.807, 2.05) is 26.8 Å². The topological polar surface area (TPSA) is 645 Å². The second kappa shape index (κ2) is 38.8. The lowest BCUT2D eigenvalue weighted by Gasteiger charge is -2.35. The molecule has 4 fully saturated rings. The van der Waals surface area contributed by atoms with Crippen molar-refractivity contribution in [3.05, 3.63) is 110 Å². The molecule has 40 nitrogen and oxygen atoms in total.